The smallest absolute Gasteiger partial charge is 0.273 e. The van der Waals surface area contributed by atoms with E-state index in [1.54, 1.807) is 12.3 Å². The van der Waals surface area contributed by atoms with Gasteiger partial charge in [0.1, 0.15) is 11.6 Å². The molecular weight excluding hydrogens is 212 g/mol. The SMILES string of the molecule is Cc1cccc(C)c1-n1cccc(C#N)c1=O. The Balaban J connectivity index is 2.79. The van der Waals surface area contributed by atoms with E-state index in [4.69, 9.17) is 5.26 Å². The average molecular weight is 224 g/mol. The van der Waals surface area contributed by atoms with E-state index >= 15 is 0 Å². The van der Waals surface area contributed by atoms with Gasteiger partial charge < -0.3 is 0 Å². The Bertz CT molecular complexity index is 642. The van der Waals surface area contributed by atoms with Crippen LogP contribution >= 0.6 is 0 Å². The summed E-state index contributed by atoms with van der Waals surface area (Å²) in [4.78, 5) is 12.0. The normalized spacial score (nSPS) is 9.94. The third kappa shape index (κ3) is 1.85. The monoisotopic (exact) mass is 224 g/mol. The van der Waals surface area contributed by atoms with Gasteiger partial charge in [0.15, 0.2) is 0 Å². The number of aromatic nitrogens is 1. The van der Waals surface area contributed by atoms with Gasteiger partial charge in [-0.3, -0.25) is 9.36 Å². The summed E-state index contributed by atoms with van der Waals surface area (Å²) in [7, 11) is 0. The number of pyridine rings is 1. The fraction of sp³-hybridized carbons (Fsp3) is 0.143. The molecule has 2 aromatic rings. The van der Waals surface area contributed by atoms with Gasteiger partial charge >= 0.3 is 0 Å². The van der Waals surface area contributed by atoms with Crippen LogP contribution in [0.25, 0.3) is 5.69 Å². The lowest BCUT2D eigenvalue weighted by atomic mass is 10.1. The van der Waals surface area contributed by atoms with Crippen molar-refractivity contribution in [3.05, 3.63) is 63.6 Å². The molecule has 1 heterocycles. The quantitative estimate of drug-likeness (QED) is 0.746. The van der Waals surface area contributed by atoms with Gasteiger partial charge in [0, 0.05) is 6.20 Å². The Morgan fingerprint density at radius 2 is 1.76 bits per heavy atom. The molecule has 1 aromatic heterocycles. The van der Waals surface area contributed by atoms with Crippen LogP contribution < -0.4 is 5.56 Å². The maximum absolute atomic E-state index is 12.0. The summed E-state index contributed by atoms with van der Waals surface area (Å²) in [6.07, 6.45) is 1.69. The van der Waals surface area contributed by atoms with Crippen LogP contribution in [0.15, 0.2) is 41.3 Å². The van der Waals surface area contributed by atoms with E-state index in [1.165, 1.54) is 10.6 Å². The molecule has 0 saturated heterocycles. The molecular formula is C14H12N2O. The van der Waals surface area contributed by atoms with E-state index in [0.29, 0.717) is 0 Å². The summed E-state index contributed by atoms with van der Waals surface area (Å²) in [5.41, 5.74) is 2.78. The molecule has 0 radical (unpaired) electrons. The highest BCUT2D eigenvalue weighted by molar-refractivity contribution is 5.48. The van der Waals surface area contributed by atoms with Crippen LogP contribution in [-0.4, -0.2) is 4.57 Å². The van der Waals surface area contributed by atoms with Crippen molar-refractivity contribution in [3.8, 4) is 11.8 Å². The van der Waals surface area contributed by atoms with Crippen molar-refractivity contribution in [2.24, 2.45) is 0 Å². The minimum atomic E-state index is -0.271. The fourth-order valence-electron chi connectivity index (χ4n) is 1.94. The Labute approximate surface area is 99.6 Å². The second-order valence-corrected chi connectivity index (χ2v) is 3.95. The van der Waals surface area contributed by atoms with Crippen molar-refractivity contribution >= 4 is 0 Å². The Kier molecular flexibility index (Phi) is 2.80. The standard InChI is InChI=1S/C14H12N2O/c1-10-5-3-6-11(2)13(10)16-8-4-7-12(9-15)14(16)17/h3-8H,1-2H3. The highest BCUT2D eigenvalue weighted by atomic mass is 16.1. The molecule has 0 aliphatic carbocycles. The van der Waals surface area contributed by atoms with Crippen LogP contribution in [0.3, 0.4) is 0 Å². The highest BCUT2D eigenvalue weighted by Crippen LogP contribution is 2.16. The van der Waals surface area contributed by atoms with Gasteiger partial charge in [-0.05, 0) is 37.1 Å². The molecule has 0 spiro atoms. The van der Waals surface area contributed by atoms with Crippen LogP contribution in [0.4, 0.5) is 0 Å². The van der Waals surface area contributed by atoms with E-state index in [9.17, 15) is 4.79 Å². The Morgan fingerprint density at radius 3 is 2.35 bits per heavy atom. The summed E-state index contributed by atoms with van der Waals surface area (Å²) in [5.74, 6) is 0. The molecule has 17 heavy (non-hydrogen) atoms. The van der Waals surface area contributed by atoms with Crippen LogP contribution in [0.1, 0.15) is 16.7 Å². The summed E-state index contributed by atoms with van der Waals surface area (Å²) in [6, 6.07) is 11.0. The number of aryl methyl sites for hydroxylation is 2. The van der Waals surface area contributed by atoms with Gasteiger partial charge in [0.25, 0.3) is 5.56 Å². The lowest BCUT2D eigenvalue weighted by Gasteiger charge is -2.12. The van der Waals surface area contributed by atoms with Gasteiger partial charge in [0.2, 0.25) is 0 Å². The molecule has 0 saturated carbocycles. The number of benzene rings is 1. The van der Waals surface area contributed by atoms with E-state index < -0.39 is 0 Å². The maximum Gasteiger partial charge on any atom is 0.273 e. The Hall–Kier alpha value is -2.34. The number of nitrogens with zero attached hydrogens (tertiary/aromatic N) is 2. The topological polar surface area (TPSA) is 45.8 Å². The predicted molar refractivity (Wildman–Crippen MR) is 66.2 cm³/mol. The van der Waals surface area contributed by atoms with E-state index in [1.807, 2.05) is 38.1 Å². The first-order valence-corrected chi connectivity index (χ1v) is 5.33. The molecule has 84 valence electrons. The van der Waals surface area contributed by atoms with Gasteiger partial charge in [0.05, 0.1) is 5.69 Å². The van der Waals surface area contributed by atoms with Crippen molar-refractivity contribution in [2.45, 2.75) is 13.8 Å². The van der Waals surface area contributed by atoms with Crippen molar-refractivity contribution in [1.82, 2.24) is 4.57 Å². The number of rotatable bonds is 1. The number of hydrogen-bond acceptors (Lipinski definition) is 2. The van der Waals surface area contributed by atoms with Gasteiger partial charge in [-0.15, -0.1) is 0 Å². The first kappa shape index (κ1) is 11.2. The van der Waals surface area contributed by atoms with E-state index in [0.717, 1.165) is 16.8 Å². The second kappa shape index (κ2) is 4.26. The minimum Gasteiger partial charge on any atom is -0.283 e. The zero-order chi connectivity index (χ0) is 12.4. The number of nitriles is 1. The number of para-hydroxylation sites is 1. The van der Waals surface area contributed by atoms with Crippen molar-refractivity contribution in [2.75, 3.05) is 0 Å². The molecule has 0 aliphatic rings. The summed E-state index contributed by atoms with van der Waals surface area (Å²) in [6.45, 7) is 3.90. The molecule has 0 aliphatic heterocycles. The second-order valence-electron chi connectivity index (χ2n) is 3.95. The molecule has 0 fully saturated rings. The first-order valence-electron chi connectivity index (χ1n) is 5.33. The third-order valence-electron chi connectivity index (χ3n) is 2.75. The molecule has 3 heteroatoms. The van der Waals surface area contributed by atoms with Gasteiger partial charge in [-0.1, -0.05) is 18.2 Å². The molecule has 0 bridgehead atoms. The lowest BCUT2D eigenvalue weighted by Crippen LogP contribution is -2.21. The molecule has 0 unspecified atom stereocenters. The average Bonchev–Trinajstić information content (AvgIpc) is 2.31. The minimum absolute atomic E-state index is 0.162. The van der Waals surface area contributed by atoms with E-state index in [2.05, 4.69) is 0 Å². The highest BCUT2D eigenvalue weighted by Gasteiger charge is 2.08. The number of hydrogen-bond donors (Lipinski definition) is 0. The summed E-state index contributed by atoms with van der Waals surface area (Å²) >= 11 is 0. The van der Waals surface area contributed by atoms with Crippen molar-refractivity contribution in [3.63, 3.8) is 0 Å². The van der Waals surface area contributed by atoms with Crippen LogP contribution in [0.2, 0.25) is 0 Å². The maximum atomic E-state index is 12.0. The van der Waals surface area contributed by atoms with Crippen LogP contribution in [-0.2, 0) is 0 Å². The fourth-order valence-corrected chi connectivity index (χ4v) is 1.94. The van der Waals surface area contributed by atoms with E-state index in [-0.39, 0.29) is 11.1 Å². The molecule has 1 aromatic carbocycles. The van der Waals surface area contributed by atoms with Gasteiger partial charge in [-0.2, -0.15) is 5.26 Å². The molecule has 0 atom stereocenters. The van der Waals surface area contributed by atoms with Crippen molar-refractivity contribution < 1.29 is 0 Å². The van der Waals surface area contributed by atoms with Crippen LogP contribution in [0, 0.1) is 25.2 Å². The molecule has 0 N–H and O–H groups in total. The molecule has 3 nitrogen and oxygen atoms in total. The third-order valence-corrected chi connectivity index (χ3v) is 2.75. The largest absolute Gasteiger partial charge is 0.283 e. The molecule has 0 amide bonds. The first-order chi connectivity index (χ1) is 8.15. The summed E-state index contributed by atoms with van der Waals surface area (Å²) in [5, 5.41) is 8.87. The molecule has 2 rings (SSSR count). The predicted octanol–water partition coefficient (Wildman–Crippen LogP) is 2.33. The zero-order valence-electron chi connectivity index (χ0n) is 9.77. The zero-order valence-corrected chi connectivity index (χ0v) is 9.77. The lowest BCUT2D eigenvalue weighted by molar-refractivity contribution is 0.958. The van der Waals surface area contributed by atoms with Crippen LogP contribution in [0.5, 0.6) is 0 Å². The summed E-state index contributed by atoms with van der Waals surface area (Å²) < 4.78 is 1.53. The van der Waals surface area contributed by atoms with Crippen molar-refractivity contribution in [1.29, 1.82) is 5.26 Å². The van der Waals surface area contributed by atoms with Gasteiger partial charge in [-0.25, -0.2) is 0 Å². The Morgan fingerprint density at radius 1 is 1.12 bits per heavy atom.